The third-order valence-corrected chi connectivity index (χ3v) is 2.99. The number of phenolic OH excluding ortho intramolecular Hbond substituents is 2. The Balaban J connectivity index is 2.22. The van der Waals surface area contributed by atoms with Crippen molar-refractivity contribution in [2.24, 2.45) is 10.2 Å². The normalized spacial score (nSPS) is 17.4. The molecule has 1 fully saturated rings. The summed E-state index contributed by atoms with van der Waals surface area (Å²) in [5.41, 5.74) is -0.286. The van der Waals surface area contributed by atoms with E-state index in [2.05, 4.69) is 15.5 Å². The highest BCUT2D eigenvalue weighted by molar-refractivity contribution is 8.15. The van der Waals surface area contributed by atoms with Gasteiger partial charge in [-0.15, -0.1) is 5.10 Å². The maximum atomic E-state index is 13.1. The lowest BCUT2D eigenvalue weighted by Crippen LogP contribution is -2.19. The molecule has 0 unspecified atom stereocenters. The van der Waals surface area contributed by atoms with Crippen molar-refractivity contribution in [1.29, 1.82) is 0 Å². The molecule has 0 bridgehead atoms. The smallest absolute Gasteiger partial charge is 0.236 e. The van der Waals surface area contributed by atoms with Gasteiger partial charge in [0.05, 0.1) is 12.0 Å². The molecule has 0 aliphatic carbocycles. The van der Waals surface area contributed by atoms with Crippen molar-refractivity contribution in [3.05, 3.63) is 23.3 Å². The molecule has 6 nitrogen and oxygen atoms in total. The first-order chi connectivity index (χ1) is 8.99. The molecule has 0 radical (unpaired) electrons. The van der Waals surface area contributed by atoms with Crippen molar-refractivity contribution < 1.29 is 23.8 Å². The van der Waals surface area contributed by atoms with Crippen LogP contribution in [0.5, 0.6) is 11.5 Å². The van der Waals surface area contributed by atoms with Crippen LogP contribution in [0.4, 0.5) is 8.78 Å². The Morgan fingerprint density at radius 2 is 2.11 bits per heavy atom. The number of hydrogen-bond donors (Lipinski definition) is 3. The van der Waals surface area contributed by atoms with E-state index in [1.807, 2.05) is 0 Å². The average Bonchev–Trinajstić information content (AvgIpc) is 2.79. The van der Waals surface area contributed by atoms with E-state index in [0.717, 1.165) is 18.0 Å². The van der Waals surface area contributed by atoms with Crippen molar-refractivity contribution in [2.45, 2.75) is 0 Å². The molecule has 0 spiro atoms. The number of nitrogens with zero attached hydrogens (tertiary/aromatic N) is 2. The van der Waals surface area contributed by atoms with Crippen molar-refractivity contribution in [2.75, 3.05) is 5.75 Å². The predicted octanol–water partition coefficient (Wildman–Crippen LogP) is 0.929. The number of amidine groups is 1. The van der Waals surface area contributed by atoms with Gasteiger partial charge >= 0.3 is 0 Å². The molecule has 1 aromatic rings. The summed E-state index contributed by atoms with van der Waals surface area (Å²) < 4.78 is 26.2. The van der Waals surface area contributed by atoms with Crippen LogP contribution in [0.2, 0.25) is 0 Å². The number of carbonyl (C=O) groups is 1. The highest BCUT2D eigenvalue weighted by atomic mass is 32.2. The highest BCUT2D eigenvalue weighted by Gasteiger charge is 2.17. The second-order valence-corrected chi connectivity index (χ2v) is 4.41. The van der Waals surface area contributed by atoms with Crippen LogP contribution in [0.1, 0.15) is 5.56 Å². The average molecular weight is 287 g/mol. The molecule has 0 aromatic heterocycles. The van der Waals surface area contributed by atoms with Crippen LogP contribution >= 0.6 is 11.8 Å². The minimum Gasteiger partial charge on any atom is -0.504 e. The summed E-state index contributed by atoms with van der Waals surface area (Å²) in [6.45, 7) is 0. The summed E-state index contributed by atoms with van der Waals surface area (Å²) in [5, 5.41) is 27.9. The van der Waals surface area contributed by atoms with Crippen molar-refractivity contribution in [3.8, 4) is 11.5 Å². The zero-order chi connectivity index (χ0) is 14.0. The maximum absolute atomic E-state index is 13.1. The lowest BCUT2D eigenvalue weighted by atomic mass is 10.2. The van der Waals surface area contributed by atoms with Crippen LogP contribution < -0.4 is 5.32 Å². The summed E-state index contributed by atoms with van der Waals surface area (Å²) in [5.74, 6) is -4.90. The molecular weight excluding hydrogens is 280 g/mol. The van der Waals surface area contributed by atoms with Crippen molar-refractivity contribution >= 4 is 29.1 Å². The van der Waals surface area contributed by atoms with E-state index in [0.29, 0.717) is 6.07 Å². The minimum atomic E-state index is -1.47. The molecule has 0 saturated carbocycles. The van der Waals surface area contributed by atoms with E-state index in [9.17, 15) is 18.7 Å². The molecule has 3 N–H and O–H groups in total. The van der Waals surface area contributed by atoms with Gasteiger partial charge in [0.2, 0.25) is 11.7 Å². The van der Waals surface area contributed by atoms with E-state index in [-0.39, 0.29) is 22.4 Å². The number of aromatic hydroxyl groups is 2. The fourth-order valence-electron chi connectivity index (χ4n) is 1.24. The second-order valence-electron chi connectivity index (χ2n) is 3.45. The molecule has 1 saturated heterocycles. The molecule has 9 heteroatoms. The largest absolute Gasteiger partial charge is 0.504 e. The van der Waals surface area contributed by atoms with Crippen LogP contribution in [0.25, 0.3) is 0 Å². The third-order valence-electron chi connectivity index (χ3n) is 2.13. The quantitative estimate of drug-likeness (QED) is 0.557. The molecule has 100 valence electrons. The fraction of sp³-hybridized carbons (Fsp3) is 0.100. The van der Waals surface area contributed by atoms with Crippen molar-refractivity contribution in [3.63, 3.8) is 0 Å². The van der Waals surface area contributed by atoms with Gasteiger partial charge < -0.3 is 15.5 Å². The fourth-order valence-corrected chi connectivity index (χ4v) is 1.87. The number of halogens is 2. The number of nitrogens with one attached hydrogen (secondary N) is 1. The number of phenols is 2. The van der Waals surface area contributed by atoms with Gasteiger partial charge in [-0.05, 0) is 6.07 Å². The molecule has 19 heavy (non-hydrogen) atoms. The summed E-state index contributed by atoms with van der Waals surface area (Å²) in [6, 6.07) is 0.706. The summed E-state index contributed by atoms with van der Waals surface area (Å²) in [6.07, 6.45) is 0.902. The molecule has 1 aliphatic heterocycles. The summed E-state index contributed by atoms with van der Waals surface area (Å²) >= 11 is 1.12. The zero-order valence-corrected chi connectivity index (χ0v) is 10.0. The van der Waals surface area contributed by atoms with Gasteiger partial charge in [0.1, 0.15) is 0 Å². The lowest BCUT2D eigenvalue weighted by molar-refractivity contribution is -0.116. The Labute approximate surface area is 109 Å². The molecule has 2 rings (SSSR count). The Hall–Kier alpha value is -2.16. The van der Waals surface area contributed by atoms with E-state index < -0.39 is 23.1 Å². The van der Waals surface area contributed by atoms with Gasteiger partial charge in [-0.2, -0.15) is 9.49 Å². The summed E-state index contributed by atoms with van der Waals surface area (Å²) in [4.78, 5) is 10.8. The van der Waals surface area contributed by atoms with Crippen LogP contribution in [0, 0.1) is 11.6 Å². The number of benzene rings is 1. The minimum absolute atomic E-state index is 0.219. The van der Waals surface area contributed by atoms with Crippen LogP contribution in [-0.4, -0.2) is 33.3 Å². The first-order valence-electron chi connectivity index (χ1n) is 4.92. The number of carbonyl (C=O) groups excluding carboxylic acids is 1. The molecule has 0 atom stereocenters. The maximum Gasteiger partial charge on any atom is 0.236 e. The first kappa shape index (κ1) is 13.3. The number of thioether (sulfide) groups is 1. The molecular formula is C10H7F2N3O3S. The highest BCUT2D eigenvalue weighted by Crippen LogP contribution is 2.30. The second kappa shape index (κ2) is 5.22. The zero-order valence-electron chi connectivity index (χ0n) is 9.22. The molecule has 1 aromatic carbocycles. The predicted molar refractivity (Wildman–Crippen MR) is 65.3 cm³/mol. The Morgan fingerprint density at radius 1 is 1.37 bits per heavy atom. The SMILES string of the molecule is O=C1CSC(=NN=Cc2cc(F)c(O)c(F)c2O)N1. The number of hydrogen-bond acceptors (Lipinski definition) is 6. The van der Waals surface area contributed by atoms with Crippen LogP contribution in [-0.2, 0) is 4.79 Å². The van der Waals surface area contributed by atoms with E-state index in [1.54, 1.807) is 0 Å². The van der Waals surface area contributed by atoms with E-state index in [4.69, 9.17) is 5.11 Å². The summed E-state index contributed by atoms with van der Waals surface area (Å²) in [7, 11) is 0. The number of rotatable bonds is 2. The van der Waals surface area contributed by atoms with E-state index in [1.165, 1.54) is 0 Å². The monoisotopic (exact) mass is 287 g/mol. The van der Waals surface area contributed by atoms with Gasteiger partial charge in [0, 0.05) is 5.56 Å². The van der Waals surface area contributed by atoms with Crippen LogP contribution in [0.15, 0.2) is 16.3 Å². The van der Waals surface area contributed by atoms with Gasteiger partial charge in [-0.3, -0.25) is 4.79 Å². The van der Waals surface area contributed by atoms with Crippen LogP contribution in [0.3, 0.4) is 0 Å². The molecule has 1 amide bonds. The third kappa shape index (κ3) is 2.81. The van der Waals surface area contributed by atoms with Gasteiger partial charge in [-0.1, -0.05) is 11.8 Å². The van der Waals surface area contributed by atoms with Gasteiger partial charge in [0.15, 0.2) is 22.5 Å². The Bertz CT molecular complexity index is 604. The van der Waals surface area contributed by atoms with Crippen molar-refractivity contribution in [1.82, 2.24) is 5.32 Å². The molecule has 1 aliphatic rings. The topological polar surface area (TPSA) is 94.3 Å². The standard InChI is InChI=1S/C10H7F2N3O3S/c11-5-1-4(8(17)7(12)9(5)18)2-13-15-10-14-6(16)3-19-10/h1-2,17-18H,3H2,(H,14,15,16). The first-order valence-corrected chi connectivity index (χ1v) is 5.91. The molecule has 1 heterocycles. The van der Waals surface area contributed by atoms with Gasteiger partial charge in [-0.25, -0.2) is 4.39 Å². The number of amides is 1. The lowest BCUT2D eigenvalue weighted by Gasteiger charge is -2.02. The Kier molecular flexibility index (Phi) is 3.65. The van der Waals surface area contributed by atoms with Gasteiger partial charge in [0.25, 0.3) is 0 Å². The Morgan fingerprint density at radius 3 is 2.74 bits per heavy atom. The van der Waals surface area contributed by atoms with E-state index >= 15 is 0 Å².